The van der Waals surface area contributed by atoms with Gasteiger partial charge in [0.15, 0.2) is 0 Å². The van der Waals surface area contributed by atoms with Gasteiger partial charge in [0.1, 0.15) is 23.8 Å². The monoisotopic (exact) mass is 304 g/mol. The van der Waals surface area contributed by atoms with Crippen LogP contribution in [0.25, 0.3) is 0 Å². The second-order valence-corrected chi connectivity index (χ2v) is 4.78. The number of nitrogens with zero attached hydrogens (tertiary/aromatic N) is 2. The lowest BCUT2D eigenvalue weighted by molar-refractivity contribution is -0.385. The molecular weight excluding hydrogens is 288 g/mol. The van der Waals surface area contributed by atoms with E-state index in [2.05, 4.69) is 15.6 Å². The van der Waals surface area contributed by atoms with E-state index in [1.54, 1.807) is 26.0 Å². The predicted octanol–water partition coefficient (Wildman–Crippen LogP) is 2.01. The number of carbonyl (C=O) groups is 1. The average Bonchev–Trinajstić information content (AvgIpc) is 2.97. The van der Waals surface area contributed by atoms with Crippen molar-refractivity contribution in [2.24, 2.45) is 0 Å². The molecule has 0 fully saturated rings. The molecule has 22 heavy (non-hydrogen) atoms. The zero-order valence-electron chi connectivity index (χ0n) is 12.2. The number of hydrogen-bond acceptors (Lipinski definition) is 6. The van der Waals surface area contributed by atoms with Crippen LogP contribution in [0.5, 0.6) is 0 Å². The van der Waals surface area contributed by atoms with Gasteiger partial charge in [-0.15, -0.1) is 0 Å². The summed E-state index contributed by atoms with van der Waals surface area (Å²) in [6.45, 7) is 3.59. The van der Waals surface area contributed by atoms with E-state index >= 15 is 0 Å². The van der Waals surface area contributed by atoms with Crippen LogP contribution in [0, 0.1) is 17.0 Å². The zero-order chi connectivity index (χ0) is 16.1. The van der Waals surface area contributed by atoms with Gasteiger partial charge in [0.25, 0.3) is 5.69 Å². The molecule has 0 aliphatic heterocycles. The number of anilines is 1. The highest BCUT2D eigenvalue weighted by atomic mass is 16.6. The minimum absolute atomic E-state index is 0.0551. The van der Waals surface area contributed by atoms with Crippen LogP contribution < -0.4 is 10.6 Å². The van der Waals surface area contributed by atoms with Crippen molar-refractivity contribution in [2.75, 3.05) is 5.32 Å². The summed E-state index contributed by atoms with van der Waals surface area (Å²) in [5.41, 5.74) is 0.422. The van der Waals surface area contributed by atoms with E-state index in [9.17, 15) is 14.9 Å². The van der Waals surface area contributed by atoms with Crippen molar-refractivity contribution in [3.05, 3.63) is 52.1 Å². The van der Waals surface area contributed by atoms with Crippen LogP contribution in [0.3, 0.4) is 0 Å². The third-order valence-electron chi connectivity index (χ3n) is 3.05. The summed E-state index contributed by atoms with van der Waals surface area (Å²) in [7, 11) is 0. The van der Waals surface area contributed by atoms with E-state index in [4.69, 9.17) is 4.42 Å². The first-order valence-electron chi connectivity index (χ1n) is 6.65. The lowest BCUT2D eigenvalue weighted by Crippen LogP contribution is -2.37. The maximum atomic E-state index is 12.0. The van der Waals surface area contributed by atoms with Gasteiger partial charge in [-0.1, -0.05) is 0 Å². The van der Waals surface area contributed by atoms with E-state index < -0.39 is 11.0 Å². The Morgan fingerprint density at radius 2 is 2.32 bits per heavy atom. The molecule has 0 saturated carbocycles. The van der Waals surface area contributed by atoms with Gasteiger partial charge in [-0.2, -0.15) is 0 Å². The Balaban J connectivity index is 1.93. The normalized spacial score (nSPS) is 11.7. The fourth-order valence-corrected chi connectivity index (χ4v) is 1.85. The SMILES string of the molecule is Cc1cc(NC(C)C(=O)NCc2ccco2)ncc1[N+](=O)[O-]. The minimum atomic E-state index is -0.539. The van der Waals surface area contributed by atoms with Gasteiger partial charge in [-0.3, -0.25) is 14.9 Å². The number of rotatable bonds is 6. The Labute approximate surface area is 126 Å². The maximum absolute atomic E-state index is 12.0. The predicted molar refractivity (Wildman–Crippen MR) is 79.3 cm³/mol. The van der Waals surface area contributed by atoms with Gasteiger partial charge in [0.2, 0.25) is 5.91 Å². The van der Waals surface area contributed by atoms with Crippen molar-refractivity contribution >= 4 is 17.4 Å². The van der Waals surface area contributed by atoms with Crippen molar-refractivity contribution in [3.8, 4) is 0 Å². The van der Waals surface area contributed by atoms with Crippen LogP contribution in [0.1, 0.15) is 18.2 Å². The highest BCUT2D eigenvalue weighted by Gasteiger charge is 2.16. The summed E-state index contributed by atoms with van der Waals surface area (Å²) in [6.07, 6.45) is 2.71. The molecule has 2 heterocycles. The highest BCUT2D eigenvalue weighted by molar-refractivity contribution is 5.83. The molecule has 0 aliphatic rings. The largest absolute Gasteiger partial charge is 0.467 e. The number of aromatic nitrogens is 1. The number of nitro groups is 1. The van der Waals surface area contributed by atoms with Gasteiger partial charge in [0.05, 0.1) is 17.7 Å². The van der Waals surface area contributed by atoms with Gasteiger partial charge in [-0.25, -0.2) is 4.98 Å². The lowest BCUT2D eigenvalue weighted by Gasteiger charge is -2.14. The fourth-order valence-electron chi connectivity index (χ4n) is 1.85. The first-order chi connectivity index (χ1) is 10.5. The zero-order valence-corrected chi connectivity index (χ0v) is 12.2. The molecule has 1 atom stereocenters. The van der Waals surface area contributed by atoms with Crippen LogP contribution in [-0.2, 0) is 11.3 Å². The number of nitrogens with one attached hydrogen (secondary N) is 2. The molecule has 0 spiro atoms. The van der Waals surface area contributed by atoms with E-state index in [1.807, 2.05) is 0 Å². The summed E-state index contributed by atoms with van der Waals surface area (Å²) in [4.78, 5) is 26.1. The number of pyridine rings is 1. The topological polar surface area (TPSA) is 110 Å². The standard InChI is InChI=1S/C14H16N4O4/c1-9-6-13(15-8-12(9)18(20)21)17-10(2)14(19)16-7-11-4-3-5-22-11/h3-6,8,10H,7H2,1-2H3,(H,15,17)(H,16,19). The van der Waals surface area contributed by atoms with Crippen LogP contribution in [0.15, 0.2) is 35.1 Å². The Morgan fingerprint density at radius 3 is 2.91 bits per heavy atom. The van der Waals surface area contributed by atoms with Crippen LogP contribution >= 0.6 is 0 Å². The van der Waals surface area contributed by atoms with Gasteiger partial charge in [-0.05, 0) is 32.0 Å². The first-order valence-corrected chi connectivity index (χ1v) is 6.65. The lowest BCUT2D eigenvalue weighted by atomic mass is 10.2. The number of aryl methyl sites for hydroxylation is 1. The van der Waals surface area contributed by atoms with E-state index in [0.29, 0.717) is 23.7 Å². The van der Waals surface area contributed by atoms with Crippen molar-refractivity contribution in [3.63, 3.8) is 0 Å². The second kappa shape index (κ2) is 6.70. The summed E-state index contributed by atoms with van der Waals surface area (Å²) < 4.78 is 5.12. The molecule has 2 aromatic heterocycles. The molecule has 0 radical (unpaired) electrons. The van der Waals surface area contributed by atoms with E-state index in [1.165, 1.54) is 18.5 Å². The number of hydrogen-bond donors (Lipinski definition) is 2. The van der Waals surface area contributed by atoms with Gasteiger partial charge in [0, 0.05) is 5.56 Å². The Hall–Kier alpha value is -2.90. The molecule has 0 aromatic carbocycles. The van der Waals surface area contributed by atoms with Gasteiger partial charge >= 0.3 is 0 Å². The fraction of sp³-hybridized carbons (Fsp3) is 0.286. The molecular formula is C14H16N4O4. The third kappa shape index (κ3) is 3.81. The number of carbonyl (C=O) groups excluding carboxylic acids is 1. The molecule has 2 aromatic rings. The third-order valence-corrected chi connectivity index (χ3v) is 3.05. The van der Waals surface area contributed by atoms with Crippen LogP contribution in [0.4, 0.5) is 11.5 Å². The molecule has 1 unspecified atom stereocenters. The summed E-state index contributed by atoms with van der Waals surface area (Å²) in [5, 5.41) is 16.4. The van der Waals surface area contributed by atoms with E-state index in [-0.39, 0.29) is 11.6 Å². The first kappa shape index (κ1) is 15.5. The van der Waals surface area contributed by atoms with Crippen LogP contribution in [0.2, 0.25) is 0 Å². The molecule has 8 heteroatoms. The quantitative estimate of drug-likeness (QED) is 0.624. The van der Waals surface area contributed by atoms with Crippen LogP contribution in [-0.4, -0.2) is 21.9 Å². The minimum Gasteiger partial charge on any atom is -0.467 e. The van der Waals surface area contributed by atoms with Gasteiger partial charge < -0.3 is 15.1 Å². The van der Waals surface area contributed by atoms with Crippen molar-refractivity contribution in [1.29, 1.82) is 0 Å². The Kier molecular flexibility index (Phi) is 4.72. The average molecular weight is 304 g/mol. The molecule has 0 bridgehead atoms. The molecule has 8 nitrogen and oxygen atoms in total. The number of amides is 1. The van der Waals surface area contributed by atoms with Crippen molar-refractivity contribution in [1.82, 2.24) is 10.3 Å². The summed E-state index contributed by atoms with van der Waals surface area (Å²) in [6, 6.07) is 4.50. The molecule has 2 N–H and O–H groups in total. The molecule has 1 amide bonds. The van der Waals surface area contributed by atoms with Crippen molar-refractivity contribution in [2.45, 2.75) is 26.4 Å². The Morgan fingerprint density at radius 1 is 1.55 bits per heavy atom. The van der Waals surface area contributed by atoms with Crippen molar-refractivity contribution < 1.29 is 14.1 Å². The highest BCUT2D eigenvalue weighted by Crippen LogP contribution is 2.19. The molecule has 116 valence electrons. The Bertz CT molecular complexity index is 669. The summed E-state index contributed by atoms with van der Waals surface area (Å²) in [5.74, 6) is 0.836. The maximum Gasteiger partial charge on any atom is 0.290 e. The second-order valence-electron chi connectivity index (χ2n) is 4.78. The molecule has 2 rings (SSSR count). The number of furan rings is 1. The smallest absolute Gasteiger partial charge is 0.290 e. The van der Waals surface area contributed by atoms with E-state index in [0.717, 1.165) is 0 Å². The summed E-state index contributed by atoms with van der Waals surface area (Å²) >= 11 is 0. The molecule has 0 saturated heterocycles. The molecule has 0 aliphatic carbocycles.